The van der Waals surface area contributed by atoms with Crippen molar-refractivity contribution in [3.8, 4) is 11.6 Å². The maximum absolute atomic E-state index is 6.05. The van der Waals surface area contributed by atoms with E-state index in [-0.39, 0.29) is 0 Å². The molecule has 2 aromatic rings. The molecule has 0 atom stereocenters. The second-order valence-corrected chi connectivity index (χ2v) is 5.01. The topological polar surface area (TPSA) is 53.1 Å². The summed E-state index contributed by atoms with van der Waals surface area (Å²) in [5, 5.41) is 4.37. The number of rotatable bonds is 4. The van der Waals surface area contributed by atoms with Crippen molar-refractivity contribution in [3.63, 3.8) is 0 Å². The molecule has 0 bridgehead atoms. The highest BCUT2D eigenvalue weighted by atomic mass is 79.9. The quantitative estimate of drug-likeness (QED) is 0.940. The molecule has 0 saturated carbocycles. The molecule has 2 rings (SSSR count). The average molecular weight is 310 g/mol. The first kappa shape index (κ1) is 13.0. The average Bonchev–Trinajstić information content (AvgIpc) is 2.60. The summed E-state index contributed by atoms with van der Waals surface area (Å²) in [6, 6.07) is 7.62. The summed E-state index contributed by atoms with van der Waals surface area (Å²) in [5.41, 5.74) is 7.57. The maximum Gasteiger partial charge on any atom is 0.241 e. The van der Waals surface area contributed by atoms with Gasteiger partial charge in [0, 0.05) is 11.5 Å². The molecule has 2 N–H and O–H groups in total. The molecule has 0 fully saturated rings. The molecule has 0 radical (unpaired) electrons. The Morgan fingerprint density at radius 1 is 1.33 bits per heavy atom. The Kier molecular flexibility index (Phi) is 3.91. The Balaban J connectivity index is 2.26. The van der Waals surface area contributed by atoms with Gasteiger partial charge in [0.05, 0.1) is 5.69 Å². The Labute approximate surface area is 115 Å². The fourth-order valence-electron chi connectivity index (χ4n) is 1.73. The van der Waals surface area contributed by atoms with Gasteiger partial charge in [0.15, 0.2) is 0 Å². The van der Waals surface area contributed by atoms with Gasteiger partial charge in [-0.1, -0.05) is 29.3 Å². The number of anilines is 1. The first-order chi connectivity index (χ1) is 8.61. The molecule has 0 saturated heterocycles. The van der Waals surface area contributed by atoms with E-state index in [2.05, 4.69) is 28.0 Å². The predicted octanol–water partition coefficient (Wildman–Crippen LogP) is 3.51. The van der Waals surface area contributed by atoms with Gasteiger partial charge in [-0.05, 0) is 30.7 Å². The number of aromatic nitrogens is 2. The lowest BCUT2D eigenvalue weighted by atomic mass is 10.2. The van der Waals surface area contributed by atoms with E-state index in [0.717, 1.165) is 28.8 Å². The van der Waals surface area contributed by atoms with E-state index in [1.54, 1.807) is 4.68 Å². The Bertz CT molecular complexity index is 534. The highest BCUT2D eigenvalue weighted by Gasteiger charge is 2.14. The van der Waals surface area contributed by atoms with Crippen LogP contribution in [-0.4, -0.2) is 9.78 Å². The number of benzene rings is 1. The molecular weight excluding hydrogens is 294 g/mol. The number of halogens is 1. The van der Waals surface area contributed by atoms with E-state index in [0.29, 0.717) is 11.6 Å². The van der Waals surface area contributed by atoms with Gasteiger partial charge in [0.2, 0.25) is 5.88 Å². The number of hydrogen-bond acceptors (Lipinski definition) is 3. The van der Waals surface area contributed by atoms with Crippen molar-refractivity contribution in [1.82, 2.24) is 9.78 Å². The van der Waals surface area contributed by atoms with Crippen LogP contribution in [-0.2, 0) is 13.5 Å². The highest BCUT2D eigenvalue weighted by Crippen LogP contribution is 2.30. The second kappa shape index (κ2) is 5.44. The summed E-state index contributed by atoms with van der Waals surface area (Å²) < 4.78 is 8.47. The highest BCUT2D eigenvalue weighted by molar-refractivity contribution is 9.10. The normalized spacial score (nSPS) is 10.6. The third-order valence-corrected chi connectivity index (χ3v) is 3.15. The summed E-state index contributed by atoms with van der Waals surface area (Å²) in [7, 11) is 1.84. The second-order valence-electron chi connectivity index (χ2n) is 4.10. The number of ether oxygens (including phenoxy) is 1. The zero-order valence-electron chi connectivity index (χ0n) is 10.5. The lowest BCUT2D eigenvalue weighted by Gasteiger charge is -2.06. The molecule has 0 aliphatic heterocycles. The molecule has 0 aliphatic rings. The first-order valence-corrected chi connectivity index (χ1v) is 6.66. The van der Waals surface area contributed by atoms with Gasteiger partial charge < -0.3 is 10.5 Å². The van der Waals surface area contributed by atoms with Crippen molar-refractivity contribution in [1.29, 1.82) is 0 Å². The zero-order chi connectivity index (χ0) is 13.1. The molecule has 0 aliphatic carbocycles. The Hall–Kier alpha value is -1.49. The number of hydrogen-bond donors (Lipinski definition) is 1. The molecule has 0 amide bonds. The van der Waals surface area contributed by atoms with E-state index in [9.17, 15) is 0 Å². The van der Waals surface area contributed by atoms with E-state index >= 15 is 0 Å². The Morgan fingerprint density at radius 3 is 2.61 bits per heavy atom. The van der Waals surface area contributed by atoms with Crippen LogP contribution in [0.4, 0.5) is 5.69 Å². The summed E-state index contributed by atoms with van der Waals surface area (Å²) in [5.74, 6) is 1.34. The SMILES string of the molecule is CCCc1nn(C)c(Oc2ccc(Br)cc2)c1N. The molecule has 0 spiro atoms. The lowest BCUT2D eigenvalue weighted by molar-refractivity contribution is 0.432. The molecule has 96 valence electrons. The predicted molar refractivity (Wildman–Crippen MR) is 75.8 cm³/mol. The zero-order valence-corrected chi connectivity index (χ0v) is 12.1. The van der Waals surface area contributed by atoms with Crippen LogP contribution in [0.5, 0.6) is 11.6 Å². The van der Waals surface area contributed by atoms with Crippen LogP contribution >= 0.6 is 15.9 Å². The smallest absolute Gasteiger partial charge is 0.241 e. The molecule has 5 heteroatoms. The fourth-order valence-corrected chi connectivity index (χ4v) is 2.00. The molecule has 1 aromatic heterocycles. The number of nitrogens with zero attached hydrogens (tertiary/aromatic N) is 2. The van der Waals surface area contributed by atoms with Gasteiger partial charge >= 0.3 is 0 Å². The van der Waals surface area contributed by atoms with E-state index < -0.39 is 0 Å². The largest absolute Gasteiger partial charge is 0.437 e. The first-order valence-electron chi connectivity index (χ1n) is 5.86. The molecule has 1 aromatic carbocycles. The van der Waals surface area contributed by atoms with Crippen LogP contribution in [0, 0.1) is 0 Å². The fraction of sp³-hybridized carbons (Fsp3) is 0.308. The minimum Gasteiger partial charge on any atom is -0.437 e. The number of nitrogen functional groups attached to an aromatic ring is 1. The van der Waals surface area contributed by atoms with E-state index in [1.807, 2.05) is 31.3 Å². The van der Waals surface area contributed by atoms with Gasteiger partial charge in [0.1, 0.15) is 11.4 Å². The van der Waals surface area contributed by atoms with Crippen LogP contribution in [0.3, 0.4) is 0 Å². The van der Waals surface area contributed by atoms with Crippen molar-refractivity contribution < 1.29 is 4.74 Å². The maximum atomic E-state index is 6.05. The van der Waals surface area contributed by atoms with Crippen molar-refractivity contribution in [2.75, 3.05) is 5.73 Å². The van der Waals surface area contributed by atoms with Gasteiger partial charge in [-0.25, -0.2) is 4.68 Å². The molecule has 0 unspecified atom stereocenters. The van der Waals surface area contributed by atoms with E-state index in [1.165, 1.54) is 0 Å². The summed E-state index contributed by atoms with van der Waals surface area (Å²) in [6.45, 7) is 2.10. The van der Waals surface area contributed by atoms with Crippen molar-refractivity contribution in [2.24, 2.45) is 7.05 Å². The molecule has 4 nitrogen and oxygen atoms in total. The van der Waals surface area contributed by atoms with Gasteiger partial charge in [-0.2, -0.15) is 5.10 Å². The standard InChI is InChI=1S/C13H16BrN3O/c1-3-4-11-12(15)13(17(2)16-11)18-10-7-5-9(14)6-8-10/h5-8H,3-4,15H2,1-2H3. The summed E-state index contributed by atoms with van der Waals surface area (Å²) >= 11 is 3.39. The number of nitrogens with two attached hydrogens (primary N) is 1. The molecule has 18 heavy (non-hydrogen) atoms. The summed E-state index contributed by atoms with van der Waals surface area (Å²) in [4.78, 5) is 0. The van der Waals surface area contributed by atoms with Crippen LogP contribution in [0.25, 0.3) is 0 Å². The molecular formula is C13H16BrN3O. The van der Waals surface area contributed by atoms with E-state index in [4.69, 9.17) is 10.5 Å². The van der Waals surface area contributed by atoms with Crippen molar-refractivity contribution in [2.45, 2.75) is 19.8 Å². The third-order valence-electron chi connectivity index (χ3n) is 2.62. The third kappa shape index (κ3) is 2.67. The van der Waals surface area contributed by atoms with Crippen LogP contribution < -0.4 is 10.5 Å². The van der Waals surface area contributed by atoms with Gasteiger partial charge in [0.25, 0.3) is 0 Å². The Morgan fingerprint density at radius 2 is 2.00 bits per heavy atom. The van der Waals surface area contributed by atoms with Crippen LogP contribution in [0.15, 0.2) is 28.7 Å². The monoisotopic (exact) mass is 309 g/mol. The van der Waals surface area contributed by atoms with Crippen LogP contribution in [0.2, 0.25) is 0 Å². The minimum atomic E-state index is 0.598. The van der Waals surface area contributed by atoms with Crippen molar-refractivity contribution >= 4 is 21.6 Å². The summed E-state index contributed by atoms with van der Waals surface area (Å²) in [6.07, 6.45) is 1.88. The van der Waals surface area contributed by atoms with Crippen molar-refractivity contribution in [3.05, 3.63) is 34.4 Å². The van der Waals surface area contributed by atoms with Gasteiger partial charge in [-0.3, -0.25) is 0 Å². The number of aryl methyl sites for hydroxylation is 2. The lowest BCUT2D eigenvalue weighted by Crippen LogP contribution is -1.96. The molecule has 1 heterocycles. The minimum absolute atomic E-state index is 0.598. The van der Waals surface area contributed by atoms with Crippen LogP contribution in [0.1, 0.15) is 19.0 Å². The van der Waals surface area contributed by atoms with Gasteiger partial charge in [-0.15, -0.1) is 0 Å².